The van der Waals surface area contributed by atoms with E-state index in [0.29, 0.717) is 25.9 Å². The van der Waals surface area contributed by atoms with Gasteiger partial charge in [0.25, 0.3) is 11.2 Å². The van der Waals surface area contributed by atoms with Gasteiger partial charge in [-0.3, -0.25) is 19.5 Å². The molecule has 4 aromatic rings. The summed E-state index contributed by atoms with van der Waals surface area (Å²) in [6, 6.07) is 18.2. The predicted molar refractivity (Wildman–Crippen MR) is 143 cm³/mol. The number of rotatable bonds is 3. The lowest BCUT2D eigenvalue weighted by Crippen LogP contribution is -2.38. The van der Waals surface area contributed by atoms with Gasteiger partial charge in [-0.05, 0) is 53.8 Å². The molecule has 0 saturated carbocycles. The molecule has 0 fully saturated rings. The van der Waals surface area contributed by atoms with E-state index >= 15 is 0 Å². The molecule has 0 bridgehead atoms. The third-order valence-corrected chi connectivity index (χ3v) is 8.30. The highest BCUT2D eigenvalue weighted by atomic mass is 35.5. The quantitative estimate of drug-likeness (QED) is 0.278. The van der Waals surface area contributed by atoms with Crippen LogP contribution >= 0.6 is 22.9 Å². The van der Waals surface area contributed by atoms with Gasteiger partial charge >= 0.3 is 0 Å². The monoisotopic (exact) mass is 543 g/mol. The lowest BCUT2D eigenvalue weighted by Gasteiger charge is -2.30. The lowest BCUT2D eigenvalue weighted by atomic mass is 9.83. The van der Waals surface area contributed by atoms with E-state index < -0.39 is 4.92 Å². The number of hydrogen-bond acceptors (Lipinski definition) is 7. The molecule has 10 heteroatoms. The fourth-order valence-electron chi connectivity index (χ4n) is 5.33. The number of allylic oxidation sites excluding steroid dienone is 1. The normalized spacial score (nSPS) is 17.5. The number of nitro groups is 1. The number of halogens is 1. The van der Waals surface area contributed by atoms with Crippen molar-refractivity contribution < 1.29 is 14.4 Å². The van der Waals surface area contributed by atoms with Crippen LogP contribution in [0.4, 0.5) is 5.69 Å². The van der Waals surface area contributed by atoms with Crippen molar-refractivity contribution in [2.24, 2.45) is 4.99 Å². The van der Waals surface area contributed by atoms with Crippen molar-refractivity contribution >= 4 is 40.4 Å². The zero-order valence-corrected chi connectivity index (χ0v) is 21.3. The highest BCUT2D eigenvalue weighted by molar-refractivity contribution is 7.07. The fourth-order valence-corrected chi connectivity index (χ4v) is 6.45. The maximum Gasteiger partial charge on any atom is 0.280 e. The number of ether oxygens (including phenoxy) is 2. The smallest absolute Gasteiger partial charge is 0.280 e. The van der Waals surface area contributed by atoms with Gasteiger partial charge in [-0.1, -0.05) is 59.3 Å². The average Bonchev–Trinajstić information content (AvgIpc) is 3.51. The van der Waals surface area contributed by atoms with E-state index in [1.807, 2.05) is 36.4 Å². The molecular formula is C28H18ClN3O5S. The third kappa shape index (κ3) is 3.58. The topological polar surface area (TPSA) is 96.0 Å². The third-order valence-electron chi connectivity index (χ3n) is 7.06. The van der Waals surface area contributed by atoms with Gasteiger partial charge in [-0.25, -0.2) is 4.99 Å². The van der Waals surface area contributed by atoms with Gasteiger partial charge in [0, 0.05) is 10.6 Å². The summed E-state index contributed by atoms with van der Waals surface area (Å²) in [7, 11) is 0. The summed E-state index contributed by atoms with van der Waals surface area (Å²) in [4.78, 5) is 30.8. The molecule has 3 aromatic carbocycles. The van der Waals surface area contributed by atoms with Crippen molar-refractivity contribution in [3.05, 3.63) is 123 Å². The number of thiazole rings is 1. The molecule has 0 saturated heterocycles. The maximum absolute atomic E-state index is 13.9. The summed E-state index contributed by atoms with van der Waals surface area (Å²) in [6.45, 7) is -0.00769. The molecular weight excluding hydrogens is 526 g/mol. The molecule has 1 atom stereocenters. The molecule has 38 heavy (non-hydrogen) atoms. The van der Waals surface area contributed by atoms with Crippen LogP contribution < -0.4 is 24.4 Å². The van der Waals surface area contributed by atoms with Crippen molar-refractivity contribution in [3.8, 4) is 11.5 Å². The Morgan fingerprint density at radius 1 is 1.08 bits per heavy atom. The van der Waals surface area contributed by atoms with Crippen LogP contribution in [-0.2, 0) is 6.42 Å². The maximum atomic E-state index is 13.9. The van der Waals surface area contributed by atoms with Crippen molar-refractivity contribution in [1.29, 1.82) is 0 Å². The summed E-state index contributed by atoms with van der Waals surface area (Å²) in [5.41, 5.74) is 5.01. The minimum absolute atomic E-state index is 0.00769. The van der Waals surface area contributed by atoms with Crippen molar-refractivity contribution in [3.63, 3.8) is 0 Å². The van der Waals surface area contributed by atoms with Crippen molar-refractivity contribution in [2.45, 2.75) is 18.9 Å². The molecule has 8 nitrogen and oxygen atoms in total. The van der Waals surface area contributed by atoms with Crippen molar-refractivity contribution in [2.75, 3.05) is 6.79 Å². The van der Waals surface area contributed by atoms with Gasteiger partial charge in [-0.15, -0.1) is 0 Å². The Morgan fingerprint density at radius 2 is 1.84 bits per heavy atom. The molecule has 0 N–H and O–H groups in total. The summed E-state index contributed by atoms with van der Waals surface area (Å²) in [5.74, 6) is 0.713. The van der Waals surface area contributed by atoms with E-state index in [-0.39, 0.29) is 29.6 Å². The van der Waals surface area contributed by atoms with Crippen LogP contribution in [0.25, 0.3) is 11.8 Å². The molecule has 0 radical (unpaired) electrons. The number of hydrogen-bond donors (Lipinski definition) is 0. The van der Waals surface area contributed by atoms with Gasteiger partial charge in [0.1, 0.15) is 0 Å². The van der Waals surface area contributed by atoms with E-state index in [0.717, 1.165) is 35.2 Å². The molecule has 1 aromatic heterocycles. The van der Waals surface area contributed by atoms with Crippen LogP contribution in [0, 0.1) is 10.1 Å². The molecule has 0 amide bonds. The van der Waals surface area contributed by atoms with E-state index in [1.165, 1.54) is 29.0 Å². The van der Waals surface area contributed by atoms with E-state index in [1.54, 1.807) is 10.6 Å². The Labute approximate surface area is 224 Å². The minimum atomic E-state index is -0.489. The Kier molecular flexibility index (Phi) is 5.24. The molecule has 3 heterocycles. The van der Waals surface area contributed by atoms with Gasteiger partial charge in [0.2, 0.25) is 6.79 Å². The first-order valence-corrected chi connectivity index (χ1v) is 13.1. The van der Waals surface area contributed by atoms with Gasteiger partial charge in [0.05, 0.1) is 32.8 Å². The summed E-state index contributed by atoms with van der Waals surface area (Å²) >= 11 is 7.40. The molecule has 1 aliphatic carbocycles. The summed E-state index contributed by atoms with van der Waals surface area (Å²) in [5, 5.41) is 12.4. The zero-order valence-electron chi connectivity index (χ0n) is 19.7. The molecule has 0 unspecified atom stereocenters. The molecule has 7 rings (SSSR count). The first-order chi connectivity index (χ1) is 18.5. The molecule has 2 aliphatic heterocycles. The van der Waals surface area contributed by atoms with Crippen LogP contribution in [0.5, 0.6) is 11.5 Å². The molecule has 0 spiro atoms. The first kappa shape index (κ1) is 22.9. The minimum Gasteiger partial charge on any atom is -0.454 e. The summed E-state index contributed by atoms with van der Waals surface area (Å²) in [6.07, 6.45) is 3.16. The molecule has 3 aliphatic rings. The second-order valence-corrected chi connectivity index (χ2v) is 10.6. The fraction of sp³-hybridized carbons (Fsp3) is 0.143. The Balaban J connectivity index is 1.48. The highest BCUT2D eigenvalue weighted by Gasteiger charge is 2.32. The van der Waals surface area contributed by atoms with Crippen LogP contribution in [0.1, 0.15) is 34.7 Å². The number of aryl methyl sites for hydroxylation is 1. The van der Waals surface area contributed by atoms with Crippen LogP contribution in [0.3, 0.4) is 0 Å². The predicted octanol–water partition coefficient (Wildman–Crippen LogP) is 4.61. The van der Waals surface area contributed by atoms with Crippen molar-refractivity contribution in [1.82, 2.24) is 4.57 Å². The van der Waals surface area contributed by atoms with Crippen LogP contribution in [0.2, 0.25) is 5.02 Å². The summed E-state index contributed by atoms with van der Waals surface area (Å²) < 4.78 is 12.8. The van der Waals surface area contributed by atoms with E-state index in [4.69, 9.17) is 26.1 Å². The second kappa shape index (κ2) is 8.68. The number of nitro benzene ring substituents is 1. The lowest BCUT2D eigenvalue weighted by molar-refractivity contribution is -0.385. The van der Waals surface area contributed by atoms with Crippen LogP contribution in [0.15, 0.2) is 76.0 Å². The average molecular weight is 544 g/mol. The number of benzene rings is 3. The highest BCUT2D eigenvalue weighted by Crippen LogP contribution is 2.41. The second-order valence-electron chi connectivity index (χ2n) is 9.19. The van der Waals surface area contributed by atoms with E-state index in [9.17, 15) is 14.9 Å². The number of nitrogens with zero attached hydrogens (tertiary/aromatic N) is 3. The Hall–Kier alpha value is -4.21. The van der Waals surface area contributed by atoms with Gasteiger partial charge in [-0.2, -0.15) is 0 Å². The largest absolute Gasteiger partial charge is 0.454 e. The zero-order chi connectivity index (χ0) is 26.0. The van der Waals surface area contributed by atoms with Gasteiger partial charge < -0.3 is 9.47 Å². The Bertz CT molecular complexity index is 1870. The standard InChI is InChI=1S/C28H18ClN3O5S/c29-18-8-5-16(6-9-18)26-20-10-7-15-3-1-2-4-19(15)25(20)30-28-31(26)27(33)24(38-28)12-17-11-22-23(37-14-36-22)13-21(17)32(34)35/h1-6,8-9,11-13,26H,7,10,14H2/b24-12+/t26-/m0/s1. The SMILES string of the molecule is O=c1/c(=C\c2cc3c(cc2[N+](=O)[O-])OCO3)sc2n1[C@@H](c1ccc(Cl)cc1)C1=C(N=2)c2ccccc2CC1. The van der Waals surface area contributed by atoms with E-state index in [2.05, 4.69) is 12.1 Å². The van der Waals surface area contributed by atoms with Gasteiger partial charge in [0.15, 0.2) is 16.3 Å². The first-order valence-electron chi connectivity index (χ1n) is 11.9. The number of fused-ring (bicyclic) bond motifs is 4. The molecule has 188 valence electrons. The number of aromatic nitrogens is 1. The Morgan fingerprint density at radius 3 is 2.63 bits per heavy atom. The van der Waals surface area contributed by atoms with Crippen LogP contribution in [-0.4, -0.2) is 16.3 Å².